The van der Waals surface area contributed by atoms with Gasteiger partial charge in [0.1, 0.15) is 0 Å². The number of carbonyl (C=O) groups excluding carboxylic acids is 1. The molecule has 3 rings (SSSR count). The molecule has 0 saturated carbocycles. The zero-order valence-electron chi connectivity index (χ0n) is 15.5. The van der Waals surface area contributed by atoms with E-state index in [0.29, 0.717) is 12.5 Å². The van der Waals surface area contributed by atoms with Gasteiger partial charge < -0.3 is 14.5 Å². The molecule has 138 valence electrons. The predicted molar refractivity (Wildman–Crippen MR) is 104 cm³/mol. The average Bonchev–Trinajstić information content (AvgIpc) is 2.90. The summed E-state index contributed by atoms with van der Waals surface area (Å²) in [4.78, 5) is 17.3. The van der Waals surface area contributed by atoms with E-state index in [4.69, 9.17) is 4.74 Å². The Hall–Kier alpha value is -2.17. The molecule has 0 radical (unpaired) electrons. The highest BCUT2D eigenvalue weighted by Gasteiger charge is 2.26. The molecule has 0 aliphatic carbocycles. The van der Waals surface area contributed by atoms with E-state index in [1.807, 2.05) is 35.2 Å². The zero-order valence-corrected chi connectivity index (χ0v) is 15.5. The molecule has 1 aliphatic heterocycles. The van der Waals surface area contributed by atoms with Crippen molar-refractivity contribution in [3.63, 3.8) is 0 Å². The van der Waals surface area contributed by atoms with Gasteiger partial charge in [0, 0.05) is 51.3 Å². The van der Waals surface area contributed by atoms with Crippen LogP contribution in [0.15, 0.2) is 60.7 Å². The Labute approximate surface area is 156 Å². The van der Waals surface area contributed by atoms with Crippen LogP contribution < -0.4 is 0 Å². The number of nitrogens with zero attached hydrogens (tertiary/aromatic N) is 2. The second-order valence-corrected chi connectivity index (χ2v) is 6.97. The summed E-state index contributed by atoms with van der Waals surface area (Å²) < 4.78 is 5.42. The summed E-state index contributed by atoms with van der Waals surface area (Å²) >= 11 is 0. The largest absolute Gasteiger partial charge is 0.384 e. The molecule has 0 aromatic heterocycles. The van der Waals surface area contributed by atoms with Gasteiger partial charge in [-0.15, -0.1) is 0 Å². The molecule has 0 spiro atoms. The SMILES string of the molecule is COCC1CN(CCc2ccccc2)CCN(C(=O)c2ccccc2)C1. The van der Waals surface area contributed by atoms with Crippen LogP contribution in [0.1, 0.15) is 15.9 Å². The molecule has 1 fully saturated rings. The summed E-state index contributed by atoms with van der Waals surface area (Å²) in [6.45, 7) is 5.09. The highest BCUT2D eigenvalue weighted by Crippen LogP contribution is 2.14. The van der Waals surface area contributed by atoms with Gasteiger partial charge >= 0.3 is 0 Å². The number of benzene rings is 2. The van der Waals surface area contributed by atoms with Gasteiger partial charge in [0.2, 0.25) is 0 Å². The van der Waals surface area contributed by atoms with E-state index in [9.17, 15) is 4.79 Å². The van der Waals surface area contributed by atoms with Crippen LogP contribution in [0.3, 0.4) is 0 Å². The summed E-state index contributed by atoms with van der Waals surface area (Å²) in [5.41, 5.74) is 2.12. The van der Waals surface area contributed by atoms with E-state index in [1.54, 1.807) is 7.11 Å². The van der Waals surface area contributed by atoms with Gasteiger partial charge in [-0.3, -0.25) is 4.79 Å². The molecular formula is C22H28N2O2. The van der Waals surface area contributed by atoms with Crippen LogP contribution in [0.2, 0.25) is 0 Å². The zero-order chi connectivity index (χ0) is 18.2. The Kier molecular flexibility index (Phi) is 6.81. The van der Waals surface area contributed by atoms with Crippen LogP contribution in [0, 0.1) is 5.92 Å². The third-order valence-electron chi connectivity index (χ3n) is 4.95. The molecule has 4 nitrogen and oxygen atoms in total. The fraction of sp³-hybridized carbons (Fsp3) is 0.409. The van der Waals surface area contributed by atoms with E-state index >= 15 is 0 Å². The Bertz CT molecular complexity index is 675. The normalized spacial score (nSPS) is 18.5. The number of carbonyl (C=O) groups is 1. The number of methoxy groups -OCH3 is 1. The molecule has 1 amide bonds. The molecule has 1 atom stereocenters. The maximum Gasteiger partial charge on any atom is 0.253 e. The number of rotatable bonds is 6. The van der Waals surface area contributed by atoms with E-state index in [1.165, 1.54) is 5.56 Å². The van der Waals surface area contributed by atoms with Gasteiger partial charge in [0.25, 0.3) is 5.91 Å². The standard InChI is InChI=1S/C22H28N2O2/c1-26-18-20-16-23(13-12-19-8-4-2-5-9-19)14-15-24(17-20)22(25)21-10-6-3-7-11-21/h2-11,20H,12-18H2,1H3. The van der Waals surface area contributed by atoms with Crippen molar-refractivity contribution in [3.8, 4) is 0 Å². The Morgan fingerprint density at radius 2 is 1.69 bits per heavy atom. The quantitative estimate of drug-likeness (QED) is 0.801. The van der Waals surface area contributed by atoms with E-state index in [2.05, 4.69) is 35.2 Å². The van der Waals surface area contributed by atoms with Crippen molar-refractivity contribution in [1.29, 1.82) is 0 Å². The molecular weight excluding hydrogens is 324 g/mol. The number of hydrogen-bond donors (Lipinski definition) is 0. The van der Waals surface area contributed by atoms with Crippen LogP contribution in [0.25, 0.3) is 0 Å². The lowest BCUT2D eigenvalue weighted by Gasteiger charge is -2.24. The predicted octanol–water partition coefficient (Wildman–Crippen LogP) is 2.95. The number of amides is 1. The van der Waals surface area contributed by atoms with E-state index < -0.39 is 0 Å². The van der Waals surface area contributed by atoms with Crippen LogP contribution in [0.5, 0.6) is 0 Å². The first-order chi connectivity index (χ1) is 12.8. The number of hydrogen-bond acceptors (Lipinski definition) is 3. The first-order valence-electron chi connectivity index (χ1n) is 9.36. The van der Waals surface area contributed by atoms with E-state index in [0.717, 1.165) is 44.7 Å². The lowest BCUT2D eigenvalue weighted by atomic mass is 10.1. The topological polar surface area (TPSA) is 32.8 Å². The Balaban J connectivity index is 1.63. The first-order valence-corrected chi connectivity index (χ1v) is 9.36. The summed E-state index contributed by atoms with van der Waals surface area (Å²) in [6, 6.07) is 20.2. The van der Waals surface area contributed by atoms with E-state index in [-0.39, 0.29) is 5.91 Å². The third kappa shape index (κ3) is 5.16. The van der Waals surface area contributed by atoms with Gasteiger partial charge in [-0.2, -0.15) is 0 Å². The van der Waals surface area contributed by atoms with Crippen molar-refractivity contribution in [1.82, 2.24) is 9.80 Å². The third-order valence-corrected chi connectivity index (χ3v) is 4.95. The molecule has 1 heterocycles. The highest BCUT2D eigenvalue weighted by molar-refractivity contribution is 5.94. The summed E-state index contributed by atoms with van der Waals surface area (Å²) in [6.07, 6.45) is 1.03. The van der Waals surface area contributed by atoms with Gasteiger partial charge in [-0.25, -0.2) is 0 Å². The lowest BCUT2D eigenvalue weighted by Crippen LogP contribution is -2.37. The Morgan fingerprint density at radius 1 is 1.00 bits per heavy atom. The maximum atomic E-state index is 12.9. The van der Waals surface area contributed by atoms with Crippen molar-refractivity contribution in [3.05, 3.63) is 71.8 Å². The molecule has 0 bridgehead atoms. The lowest BCUT2D eigenvalue weighted by molar-refractivity contribution is 0.0707. The molecule has 26 heavy (non-hydrogen) atoms. The highest BCUT2D eigenvalue weighted by atomic mass is 16.5. The second-order valence-electron chi connectivity index (χ2n) is 6.97. The Morgan fingerprint density at radius 3 is 2.38 bits per heavy atom. The van der Waals surface area contributed by atoms with Crippen LogP contribution >= 0.6 is 0 Å². The van der Waals surface area contributed by atoms with Gasteiger partial charge in [0.15, 0.2) is 0 Å². The minimum atomic E-state index is 0.122. The van der Waals surface area contributed by atoms with Crippen molar-refractivity contribution < 1.29 is 9.53 Å². The van der Waals surface area contributed by atoms with Crippen LogP contribution in [-0.4, -0.2) is 62.1 Å². The van der Waals surface area contributed by atoms with Gasteiger partial charge in [-0.05, 0) is 24.1 Å². The smallest absolute Gasteiger partial charge is 0.253 e. The molecule has 1 saturated heterocycles. The minimum absolute atomic E-state index is 0.122. The van der Waals surface area contributed by atoms with Crippen LogP contribution in [-0.2, 0) is 11.2 Å². The van der Waals surface area contributed by atoms with Crippen molar-refractivity contribution in [2.24, 2.45) is 5.92 Å². The monoisotopic (exact) mass is 352 g/mol. The molecule has 4 heteroatoms. The van der Waals surface area contributed by atoms with Crippen LogP contribution in [0.4, 0.5) is 0 Å². The maximum absolute atomic E-state index is 12.9. The first kappa shape index (κ1) is 18.6. The van der Waals surface area contributed by atoms with Gasteiger partial charge in [0.05, 0.1) is 6.61 Å². The van der Waals surface area contributed by atoms with Gasteiger partial charge in [-0.1, -0.05) is 48.5 Å². The molecule has 2 aromatic carbocycles. The van der Waals surface area contributed by atoms with Crippen molar-refractivity contribution in [2.75, 3.05) is 46.4 Å². The summed E-state index contributed by atoms with van der Waals surface area (Å²) in [5, 5.41) is 0. The summed E-state index contributed by atoms with van der Waals surface area (Å²) in [5.74, 6) is 0.461. The minimum Gasteiger partial charge on any atom is -0.384 e. The van der Waals surface area contributed by atoms with Crippen molar-refractivity contribution in [2.45, 2.75) is 6.42 Å². The fourth-order valence-corrected chi connectivity index (χ4v) is 3.60. The molecule has 2 aromatic rings. The second kappa shape index (κ2) is 9.51. The fourth-order valence-electron chi connectivity index (χ4n) is 3.60. The molecule has 1 aliphatic rings. The molecule has 0 N–H and O–H groups in total. The number of ether oxygens (including phenoxy) is 1. The molecule has 1 unspecified atom stereocenters. The summed E-state index contributed by atoms with van der Waals surface area (Å²) in [7, 11) is 1.74. The average molecular weight is 352 g/mol. The van der Waals surface area contributed by atoms with Crippen molar-refractivity contribution >= 4 is 5.91 Å².